The van der Waals surface area contributed by atoms with Crippen LogP contribution in [0.4, 0.5) is 5.69 Å². The van der Waals surface area contributed by atoms with Crippen molar-refractivity contribution in [3.8, 4) is 0 Å². The van der Waals surface area contributed by atoms with Crippen molar-refractivity contribution in [3.63, 3.8) is 0 Å². The van der Waals surface area contributed by atoms with Crippen LogP contribution >= 0.6 is 0 Å². The molecule has 2 aromatic rings. The summed E-state index contributed by atoms with van der Waals surface area (Å²) in [5.74, 6) is -3.77. The van der Waals surface area contributed by atoms with Crippen LogP contribution in [0.1, 0.15) is 10.4 Å². The highest BCUT2D eigenvalue weighted by molar-refractivity contribution is 7.89. The van der Waals surface area contributed by atoms with Gasteiger partial charge >= 0.3 is 11.8 Å². The van der Waals surface area contributed by atoms with Crippen LogP contribution in [0.25, 0.3) is 0 Å². The molecule has 25 heavy (non-hydrogen) atoms. The molecule has 3 N–H and O–H groups in total. The lowest BCUT2D eigenvalue weighted by Gasteiger charge is -2.09. The molecule has 9 nitrogen and oxygen atoms in total. The number of amides is 2. The minimum Gasteiger partial charge on any atom is -0.545 e. The molecule has 0 heterocycles. The van der Waals surface area contributed by atoms with Gasteiger partial charge < -0.3 is 15.2 Å². The first-order valence-corrected chi connectivity index (χ1v) is 8.27. The number of aromatic carboxylic acids is 1. The standard InChI is InChI=1S/C15H13N3O6S/c19-13(16-11-8-6-10(7-9-11)15(21)22)14(20)17-18-25(23,24)12-4-2-1-3-5-12/h1-9,18H,(H,16,19)(H,17,20)(H,21,22)/p-1. The summed E-state index contributed by atoms with van der Waals surface area (Å²) in [4.78, 5) is 35.7. The molecule has 0 aliphatic rings. The first-order valence-electron chi connectivity index (χ1n) is 6.79. The van der Waals surface area contributed by atoms with E-state index in [-0.39, 0.29) is 16.1 Å². The Morgan fingerprint density at radius 3 is 2.00 bits per heavy atom. The Hall–Kier alpha value is -3.24. The molecule has 0 saturated heterocycles. The molecule has 0 aliphatic carbocycles. The Bertz CT molecular complexity index is 895. The number of hydrogen-bond acceptors (Lipinski definition) is 6. The fourth-order valence-electron chi connectivity index (χ4n) is 1.71. The maximum absolute atomic E-state index is 11.9. The lowest BCUT2D eigenvalue weighted by molar-refractivity contribution is -0.255. The van der Waals surface area contributed by atoms with Crippen molar-refractivity contribution >= 4 is 33.5 Å². The summed E-state index contributed by atoms with van der Waals surface area (Å²) in [6.45, 7) is 0. The molecule has 0 aromatic heterocycles. The summed E-state index contributed by atoms with van der Waals surface area (Å²) < 4.78 is 23.8. The molecule has 2 amide bonds. The highest BCUT2D eigenvalue weighted by Gasteiger charge is 2.18. The van der Waals surface area contributed by atoms with Gasteiger partial charge in [0, 0.05) is 5.69 Å². The summed E-state index contributed by atoms with van der Waals surface area (Å²) in [6, 6.07) is 12.1. The molecule has 0 aliphatic heterocycles. The maximum atomic E-state index is 11.9. The molecule has 0 radical (unpaired) electrons. The van der Waals surface area contributed by atoms with E-state index in [1.165, 1.54) is 48.5 Å². The van der Waals surface area contributed by atoms with Gasteiger partial charge in [0.2, 0.25) is 0 Å². The van der Waals surface area contributed by atoms with Gasteiger partial charge in [0.25, 0.3) is 10.0 Å². The predicted molar refractivity (Wildman–Crippen MR) is 84.3 cm³/mol. The van der Waals surface area contributed by atoms with Crippen LogP contribution in [-0.4, -0.2) is 26.2 Å². The van der Waals surface area contributed by atoms with E-state index in [0.717, 1.165) is 0 Å². The summed E-state index contributed by atoms with van der Waals surface area (Å²) in [7, 11) is -4.01. The van der Waals surface area contributed by atoms with Gasteiger partial charge in [0.1, 0.15) is 0 Å². The highest BCUT2D eigenvalue weighted by Crippen LogP contribution is 2.09. The maximum Gasteiger partial charge on any atom is 0.324 e. The molecule has 0 atom stereocenters. The molecular formula is C15H12N3O6S-. The van der Waals surface area contributed by atoms with Crippen LogP contribution in [0, 0.1) is 0 Å². The van der Waals surface area contributed by atoms with Crippen molar-refractivity contribution in [1.29, 1.82) is 0 Å². The Balaban J connectivity index is 1.94. The Labute approximate surface area is 142 Å². The van der Waals surface area contributed by atoms with Crippen molar-refractivity contribution in [2.45, 2.75) is 4.90 Å². The smallest absolute Gasteiger partial charge is 0.324 e. The minimum absolute atomic E-state index is 0.0893. The molecule has 0 saturated carbocycles. The topological polar surface area (TPSA) is 144 Å². The monoisotopic (exact) mass is 362 g/mol. The number of hydrogen-bond donors (Lipinski definition) is 3. The summed E-state index contributed by atoms with van der Waals surface area (Å²) >= 11 is 0. The van der Waals surface area contributed by atoms with Crippen LogP contribution in [-0.2, 0) is 19.6 Å². The van der Waals surface area contributed by atoms with E-state index in [4.69, 9.17) is 0 Å². The van der Waals surface area contributed by atoms with Crippen LogP contribution in [0.3, 0.4) is 0 Å². The molecule has 2 rings (SSSR count). The first kappa shape index (κ1) is 18.1. The largest absolute Gasteiger partial charge is 0.545 e. The van der Waals surface area contributed by atoms with Gasteiger partial charge in [-0.15, -0.1) is 4.83 Å². The molecule has 0 spiro atoms. The number of anilines is 1. The van der Waals surface area contributed by atoms with E-state index in [9.17, 15) is 27.9 Å². The van der Waals surface area contributed by atoms with E-state index in [2.05, 4.69) is 5.32 Å². The van der Waals surface area contributed by atoms with Crippen LogP contribution in [0.5, 0.6) is 0 Å². The average molecular weight is 362 g/mol. The quantitative estimate of drug-likeness (QED) is 0.459. The SMILES string of the molecule is O=C(NNS(=O)(=O)c1ccccc1)C(=O)Nc1ccc(C(=O)[O-])cc1. The van der Waals surface area contributed by atoms with Gasteiger partial charge in [-0.2, -0.15) is 0 Å². The highest BCUT2D eigenvalue weighted by atomic mass is 32.2. The number of sulfonamides is 1. The normalized spacial score (nSPS) is 10.7. The molecule has 0 bridgehead atoms. The lowest BCUT2D eigenvalue weighted by Crippen LogP contribution is -2.46. The molecule has 2 aromatic carbocycles. The van der Waals surface area contributed by atoms with Crippen LogP contribution in [0.15, 0.2) is 59.5 Å². The Kier molecular flexibility index (Phi) is 5.47. The third-order valence-corrected chi connectivity index (χ3v) is 4.20. The number of rotatable bonds is 5. The third kappa shape index (κ3) is 4.86. The van der Waals surface area contributed by atoms with E-state index in [1.54, 1.807) is 16.3 Å². The van der Waals surface area contributed by atoms with Crippen LogP contribution in [0.2, 0.25) is 0 Å². The fourth-order valence-corrected chi connectivity index (χ4v) is 2.57. The van der Waals surface area contributed by atoms with Gasteiger partial charge in [-0.25, -0.2) is 8.42 Å². The number of carboxylic acids is 1. The molecule has 130 valence electrons. The van der Waals surface area contributed by atoms with Gasteiger partial charge in [-0.3, -0.25) is 15.0 Å². The number of benzene rings is 2. The van der Waals surface area contributed by atoms with E-state index in [1.807, 2.05) is 0 Å². The van der Waals surface area contributed by atoms with Gasteiger partial charge in [0.15, 0.2) is 0 Å². The molecule has 10 heteroatoms. The van der Waals surface area contributed by atoms with Gasteiger partial charge in [0.05, 0.1) is 10.9 Å². The van der Waals surface area contributed by atoms with Crippen molar-refractivity contribution in [1.82, 2.24) is 10.3 Å². The summed E-state index contributed by atoms with van der Waals surface area (Å²) in [6.07, 6.45) is 0. The molecule has 0 fully saturated rings. The van der Waals surface area contributed by atoms with Gasteiger partial charge in [-0.1, -0.05) is 30.3 Å². The average Bonchev–Trinajstić information content (AvgIpc) is 2.61. The number of carbonyl (C=O) groups is 3. The van der Waals surface area contributed by atoms with Gasteiger partial charge in [-0.05, 0) is 29.8 Å². The zero-order valence-electron chi connectivity index (χ0n) is 12.6. The Morgan fingerprint density at radius 1 is 0.840 bits per heavy atom. The zero-order chi connectivity index (χ0) is 18.4. The zero-order valence-corrected chi connectivity index (χ0v) is 13.4. The number of nitrogens with one attached hydrogen (secondary N) is 3. The summed E-state index contributed by atoms with van der Waals surface area (Å²) in [5, 5.41) is 12.8. The minimum atomic E-state index is -4.01. The second-order valence-corrected chi connectivity index (χ2v) is 6.37. The third-order valence-electron chi connectivity index (χ3n) is 2.94. The fraction of sp³-hybridized carbons (Fsp3) is 0. The number of carbonyl (C=O) groups excluding carboxylic acids is 3. The van der Waals surface area contributed by atoms with E-state index >= 15 is 0 Å². The predicted octanol–water partition coefficient (Wildman–Crippen LogP) is -1.00. The molecular weight excluding hydrogens is 350 g/mol. The van der Waals surface area contributed by atoms with Crippen LogP contribution < -0.4 is 20.7 Å². The number of hydrazine groups is 1. The van der Waals surface area contributed by atoms with Crippen molar-refractivity contribution in [2.24, 2.45) is 0 Å². The number of carboxylic acid groups (broad SMARTS) is 1. The first-order chi connectivity index (χ1) is 11.8. The lowest BCUT2D eigenvalue weighted by atomic mass is 10.2. The second kappa shape index (κ2) is 7.55. The summed E-state index contributed by atoms with van der Waals surface area (Å²) in [5.41, 5.74) is 1.83. The van der Waals surface area contributed by atoms with Crippen molar-refractivity contribution < 1.29 is 27.9 Å². The van der Waals surface area contributed by atoms with Crippen molar-refractivity contribution in [3.05, 3.63) is 60.2 Å². The van der Waals surface area contributed by atoms with E-state index < -0.39 is 27.8 Å². The van der Waals surface area contributed by atoms with Crippen molar-refractivity contribution in [2.75, 3.05) is 5.32 Å². The Morgan fingerprint density at radius 2 is 1.44 bits per heavy atom. The second-order valence-electron chi connectivity index (χ2n) is 4.69. The van der Waals surface area contributed by atoms with E-state index in [0.29, 0.717) is 0 Å². The molecule has 0 unspecified atom stereocenters.